The van der Waals surface area contributed by atoms with E-state index in [1.165, 1.54) is 18.2 Å². The highest BCUT2D eigenvalue weighted by Crippen LogP contribution is 2.21. The third-order valence-electron chi connectivity index (χ3n) is 2.42. The van der Waals surface area contributed by atoms with E-state index in [9.17, 15) is 9.18 Å². The summed E-state index contributed by atoms with van der Waals surface area (Å²) in [6.45, 7) is 7.69. The van der Waals surface area contributed by atoms with Crippen molar-refractivity contribution in [2.24, 2.45) is 0 Å². The van der Waals surface area contributed by atoms with Crippen molar-refractivity contribution in [1.29, 1.82) is 0 Å². The van der Waals surface area contributed by atoms with Crippen molar-refractivity contribution in [2.75, 3.05) is 19.0 Å². The van der Waals surface area contributed by atoms with E-state index in [4.69, 9.17) is 9.47 Å². The molecule has 20 heavy (non-hydrogen) atoms. The summed E-state index contributed by atoms with van der Waals surface area (Å²) in [6, 6.07) is 3.89. The third kappa shape index (κ3) is 5.17. The molecule has 1 N–H and O–H groups in total. The predicted octanol–water partition coefficient (Wildman–Crippen LogP) is 3.23. The molecule has 0 saturated heterocycles. The molecule has 0 aromatic heterocycles. The van der Waals surface area contributed by atoms with Gasteiger partial charge in [-0.05, 0) is 45.9 Å². The molecule has 0 heterocycles. The van der Waals surface area contributed by atoms with Crippen LogP contribution in [0.1, 0.15) is 38.1 Å². The number of benzene rings is 1. The van der Waals surface area contributed by atoms with Crippen molar-refractivity contribution < 1.29 is 18.7 Å². The van der Waals surface area contributed by atoms with Crippen LogP contribution in [0, 0.1) is 5.82 Å². The summed E-state index contributed by atoms with van der Waals surface area (Å²) < 4.78 is 23.7. The van der Waals surface area contributed by atoms with Crippen LogP contribution in [0.15, 0.2) is 18.2 Å². The Labute approximate surface area is 119 Å². The Morgan fingerprint density at radius 1 is 1.40 bits per heavy atom. The SMILES string of the molecule is COC[C@H](C)Nc1cc(F)ccc1C(=O)OC(C)(C)C. The van der Waals surface area contributed by atoms with E-state index in [0.29, 0.717) is 17.9 Å². The van der Waals surface area contributed by atoms with Crippen molar-refractivity contribution in [3.8, 4) is 0 Å². The van der Waals surface area contributed by atoms with Gasteiger partial charge < -0.3 is 14.8 Å². The number of nitrogens with one attached hydrogen (secondary N) is 1. The van der Waals surface area contributed by atoms with Crippen LogP contribution < -0.4 is 5.32 Å². The molecule has 0 aliphatic carbocycles. The normalized spacial score (nSPS) is 12.9. The fourth-order valence-corrected chi connectivity index (χ4v) is 1.70. The lowest BCUT2D eigenvalue weighted by Crippen LogP contribution is -2.26. The number of halogens is 1. The molecule has 112 valence electrons. The highest BCUT2D eigenvalue weighted by Gasteiger charge is 2.21. The molecule has 1 aromatic carbocycles. The van der Waals surface area contributed by atoms with E-state index in [1.807, 2.05) is 6.92 Å². The Kier molecular flexibility index (Phi) is 5.51. The summed E-state index contributed by atoms with van der Waals surface area (Å²) in [5.41, 5.74) is 0.119. The summed E-state index contributed by atoms with van der Waals surface area (Å²) in [5, 5.41) is 3.05. The van der Waals surface area contributed by atoms with E-state index >= 15 is 0 Å². The number of anilines is 1. The lowest BCUT2D eigenvalue weighted by molar-refractivity contribution is 0.00706. The Morgan fingerprint density at radius 3 is 2.60 bits per heavy atom. The molecule has 0 spiro atoms. The van der Waals surface area contributed by atoms with Crippen LogP contribution >= 0.6 is 0 Å². The van der Waals surface area contributed by atoms with E-state index < -0.39 is 17.4 Å². The number of hydrogen-bond acceptors (Lipinski definition) is 4. The molecule has 4 nitrogen and oxygen atoms in total. The average Bonchev–Trinajstić information content (AvgIpc) is 2.26. The maximum Gasteiger partial charge on any atom is 0.340 e. The van der Waals surface area contributed by atoms with Crippen LogP contribution in [0.2, 0.25) is 0 Å². The zero-order chi connectivity index (χ0) is 15.3. The molecule has 0 radical (unpaired) electrons. The van der Waals surface area contributed by atoms with Gasteiger partial charge in [0, 0.05) is 13.2 Å². The lowest BCUT2D eigenvalue weighted by Gasteiger charge is -2.22. The predicted molar refractivity (Wildman–Crippen MR) is 76.5 cm³/mol. The Morgan fingerprint density at radius 2 is 2.05 bits per heavy atom. The number of rotatable bonds is 5. The van der Waals surface area contributed by atoms with Crippen LogP contribution in [0.25, 0.3) is 0 Å². The molecule has 1 atom stereocenters. The maximum atomic E-state index is 13.4. The van der Waals surface area contributed by atoms with Gasteiger partial charge in [-0.15, -0.1) is 0 Å². The molecule has 0 aliphatic rings. The number of carbonyl (C=O) groups excluding carboxylic acids is 1. The van der Waals surface area contributed by atoms with Gasteiger partial charge in [0.25, 0.3) is 0 Å². The first-order valence-electron chi connectivity index (χ1n) is 6.51. The molecule has 0 fully saturated rings. The molecule has 0 unspecified atom stereocenters. The van der Waals surface area contributed by atoms with Gasteiger partial charge in [-0.3, -0.25) is 0 Å². The second kappa shape index (κ2) is 6.70. The van der Waals surface area contributed by atoms with Gasteiger partial charge in [-0.2, -0.15) is 0 Å². The van der Waals surface area contributed by atoms with Crippen LogP contribution in [-0.4, -0.2) is 31.3 Å². The zero-order valence-corrected chi connectivity index (χ0v) is 12.6. The topological polar surface area (TPSA) is 47.6 Å². The summed E-state index contributed by atoms with van der Waals surface area (Å²) in [4.78, 5) is 12.1. The summed E-state index contributed by atoms with van der Waals surface area (Å²) in [6.07, 6.45) is 0. The molecule has 0 aliphatic heterocycles. The number of ether oxygens (including phenoxy) is 2. The molecule has 0 saturated carbocycles. The second-order valence-corrected chi connectivity index (χ2v) is 5.69. The molecule has 0 bridgehead atoms. The van der Waals surface area contributed by atoms with Gasteiger partial charge in [0.05, 0.1) is 17.9 Å². The van der Waals surface area contributed by atoms with Crippen LogP contribution in [0.4, 0.5) is 10.1 Å². The third-order valence-corrected chi connectivity index (χ3v) is 2.42. The number of methoxy groups -OCH3 is 1. The Bertz CT molecular complexity index is 469. The fraction of sp³-hybridized carbons (Fsp3) is 0.533. The van der Waals surface area contributed by atoms with E-state index in [2.05, 4.69) is 5.32 Å². The first kappa shape index (κ1) is 16.4. The van der Waals surface area contributed by atoms with Crippen molar-refractivity contribution in [3.63, 3.8) is 0 Å². The highest BCUT2D eigenvalue weighted by atomic mass is 19.1. The van der Waals surface area contributed by atoms with Gasteiger partial charge in [0.1, 0.15) is 11.4 Å². The monoisotopic (exact) mass is 283 g/mol. The summed E-state index contributed by atoms with van der Waals surface area (Å²) in [5.74, 6) is -0.894. The van der Waals surface area contributed by atoms with Crippen molar-refractivity contribution in [1.82, 2.24) is 0 Å². The first-order valence-corrected chi connectivity index (χ1v) is 6.51. The van der Waals surface area contributed by atoms with Crippen molar-refractivity contribution in [3.05, 3.63) is 29.6 Å². The largest absolute Gasteiger partial charge is 0.456 e. The van der Waals surface area contributed by atoms with Gasteiger partial charge in [0.2, 0.25) is 0 Å². The van der Waals surface area contributed by atoms with Crippen molar-refractivity contribution >= 4 is 11.7 Å². The average molecular weight is 283 g/mol. The minimum absolute atomic E-state index is 0.0528. The van der Waals surface area contributed by atoms with Crippen LogP contribution in [0.5, 0.6) is 0 Å². The highest BCUT2D eigenvalue weighted by molar-refractivity contribution is 5.95. The lowest BCUT2D eigenvalue weighted by atomic mass is 10.1. The molecule has 1 aromatic rings. The molecule has 5 heteroatoms. The zero-order valence-electron chi connectivity index (χ0n) is 12.6. The minimum atomic E-state index is -0.596. The molecule has 0 amide bonds. The molecule has 1 rings (SSSR count). The second-order valence-electron chi connectivity index (χ2n) is 5.69. The number of esters is 1. The maximum absolute atomic E-state index is 13.4. The van der Waals surface area contributed by atoms with Gasteiger partial charge in [-0.1, -0.05) is 0 Å². The molecular formula is C15H22FNO3. The van der Waals surface area contributed by atoms with E-state index in [-0.39, 0.29) is 6.04 Å². The minimum Gasteiger partial charge on any atom is -0.456 e. The standard InChI is InChI=1S/C15H22FNO3/c1-10(9-19-5)17-13-8-11(16)6-7-12(13)14(18)20-15(2,3)4/h6-8,10,17H,9H2,1-5H3/t10-/m0/s1. The van der Waals surface area contributed by atoms with Gasteiger partial charge >= 0.3 is 5.97 Å². The number of carbonyl (C=O) groups is 1. The Hall–Kier alpha value is -1.62. The van der Waals surface area contributed by atoms with Crippen molar-refractivity contribution in [2.45, 2.75) is 39.3 Å². The number of hydrogen-bond donors (Lipinski definition) is 1. The summed E-state index contributed by atoms with van der Waals surface area (Å²) >= 11 is 0. The Balaban J connectivity index is 2.98. The van der Waals surface area contributed by atoms with E-state index in [1.54, 1.807) is 27.9 Å². The summed E-state index contributed by atoms with van der Waals surface area (Å²) in [7, 11) is 1.58. The molecular weight excluding hydrogens is 261 g/mol. The van der Waals surface area contributed by atoms with Crippen LogP contribution in [-0.2, 0) is 9.47 Å². The smallest absolute Gasteiger partial charge is 0.340 e. The van der Waals surface area contributed by atoms with Crippen LogP contribution in [0.3, 0.4) is 0 Å². The first-order chi connectivity index (χ1) is 9.23. The fourth-order valence-electron chi connectivity index (χ4n) is 1.70. The van der Waals surface area contributed by atoms with E-state index in [0.717, 1.165) is 0 Å². The van der Waals surface area contributed by atoms with Gasteiger partial charge in [0.15, 0.2) is 0 Å². The quantitative estimate of drug-likeness (QED) is 0.843. The van der Waals surface area contributed by atoms with Gasteiger partial charge in [-0.25, -0.2) is 9.18 Å².